The third kappa shape index (κ3) is 3.44. The highest BCUT2D eigenvalue weighted by molar-refractivity contribution is 6.42. The Morgan fingerprint density at radius 3 is 2.81 bits per heavy atom. The van der Waals surface area contributed by atoms with Crippen LogP contribution < -0.4 is 20.3 Å². The van der Waals surface area contributed by atoms with Gasteiger partial charge in [0.15, 0.2) is 17.6 Å². The summed E-state index contributed by atoms with van der Waals surface area (Å²) in [4.78, 5) is 17.7. The summed E-state index contributed by atoms with van der Waals surface area (Å²) in [5.41, 5.74) is 5.09. The first-order valence-corrected chi connectivity index (χ1v) is 8.61. The Balaban J connectivity index is 1.39. The van der Waals surface area contributed by atoms with Gasteiger partial charge in [-0.15, -0.1) is 0 Å². The molecule has 26 heavy (non-hydrogen) atoms. The highest BCUT2D eigenvalue weighted by atomic mass is 35.5. The van der Waals surface area contributed by atoms with E-state index >= 15 is 0 Å². The molecule has 1 amide bonds. The van der Waals surface area contributed by atoms with E-state index in [0.717, 1.165) is 11.1 Å². The maximum absolute atomic E-state index is 12.3. The van der Waals surface area contributed by atoms with Crippen molar-refractivity contribution >= 4 is 34.8 Å². The highest BCUT2D eigenvalue weighted by Crippen LogP contribution is 2.32. The summed E-state index contributed by atoms with van der Waals surface area (Å²) >= 11 is 11.9. The maximum atomic E-state index is 12.3. The fraction of sp³-hybridized carbons (Fsp3) is 0.167. The SMILES string of the molecule is O=C(NCc1ccc2c(c1)OCO2)[C@H]1C=C(c2ccc(Cl)c(Cl)c2)NO1. The average Bonchev–Trinajstić information content (AvgIpc) is 3.30. The molecular weight excluding hydrogens is 379 g/mol. The number of amides is 1. The van der Waals surface area contributed by atoms with E-state index in [2.05, 4.69) is 10.8 Å². The van der Waals surface area contributed by atoms with Crippen molar-refractivity contribution in [2.75, 3.05) is 6.79 Å². The minimum atomic E-state index is -0.742. The Morgan fingerprint density at radius 1 is 1.12 bits per heavy atom. The van der Waals surface area contributed by atoms with Gasteiger partial charge in [-0.1, -0.05) is 35.3 Å². The fourth-order valence-corrected chi connectivity index (χ4v) is 2.93. The molecule has 0 spiro atoms. The first-order valence-electron chi connectivity index (χ1n) is 7.85. The van der Waals surface area contributed by atoms with Gasteiger partial charge in [0, 0.05) is 12.1 Å². The highest BCUT2D eigenvalue weighted by Gasteiger charge is 2.25. The molecular formula is C18H14Cl2N2O4. The monoisotopic (exact) mass is 392 g/mol. The number of carbonyl (C=O) groups is 1. The largest absolute Gasteiger partial charge is 0.454 e. The molecule has 8 heteroatoms. The van der Waals surface area contributed by atoms with Crippen molar-refractivity contribution in [3.8, 4) is 11.5 Å². The Labute approximate surface area is 159 Å². The zero-order valence-electron chi connectivity index (χ0n) is 13.4. The zero-order chi connectivity index (χ0) is 18.1. The molecule has 0 saturated carbocycles. The van der Waals surface area contributed by atoms with E-state index in [9.17, 15) is 4.79 Å². The van der Waals surface area contributed by atoms with E-state index in [1.165, 1.54) is 0 Å². The smallest absolute Gasteiger partial charge is 0.256 e. The van der Waals surface area contributed by atoms with Crippen LogP contribution in [0.15, 0.2) is 42.5 Å². The molecule has 2 aromatic rings. The van der Waals surface area contributed by atoms with Gasteiger partial charge in [-0.25, -0.2) is 0 Å². The maximum Gasteiger partial charge on any atom is 0.256 e. The lowest BCUT2D eigenvalue weighted by atomic mass is 10.1. The van der Waals surface area contributed by atoms with Crippen LogP contribution >= 0.6 is 23.2 Å². The van der Waals surface area contributed by atoms with E-state index in [-0.39, 0.29) is 12.7 Å². The number of halogens is 2. The van der Waals surface area contributed by atoms with Gasteiger partial charge in [0.2, 0.25) is 6.79 Å². The molecule has 6 nitrogen and oxygen atoms in total. The summed E-state index contributed by atoms with van der Waals surface area (Å²) in [5.74, 6) is 1.13. The number of rotatable bonds is 4. The lowest BCUT2D eigenvalue weighted by Gasteiger charge is -2.09. The van der Waals surface area contributed by atoms with Crippen LogP contribution in [-0.4, -0.2) is 18.8 Å². The van der Waals surface area contributed by atoms with Gasteiger partial charge in [0.25, 0.3) is 5.91 Å². The summed E-state index contributed by atoms with van der Waals surface area (Å²) in [6, 6.07) is 10.7. The third-order valence-corrected chi connectivity index (χ3v) is 4.75. The molecule has 0 bridgehead atoms. The molecule has 0 aliphatic carbocycles. The molecule has 134 valence electrons. The van der Waals surface area contributed by atoms with Crippen LogP contribution in [-0.2, 0) is 16.2 Å². The summed E-state index contributed by atoms with van der Waals surface area (Å²) in [6.07, 6.45) is 0.947. The predicted molar refractivity (Wildman–Crippen MR) is 96.9 cm³/mol. The lowest BCUT2D eigenvalue weighted by Crippen LogP contribution is -2.34. The summed E-state index contributed by atoms with van der Waals surface area (Å²) < 4.78 is 10.6. The van der Waals surface area contributed by atoms with E-state index in [4.69, 9.17) is 37.5 Å². The molecule has 2 aliphatic rings. The molecule has 2 N–H and O–H groups in total. The quantitative estimate of drug-likeness (QED) is 0.835. The van der Waals surface area contributed by atoms with Gasteiger partial charge in [-0.3, -0.25) is 15.1 Å². The Kier molecular flexibility index (Phi) is 4.63. The van der Waals surface area contributed by atoms with E-state index < -0.39 is 6.10 Å². The minimum Gasteiger partial charge on any atom is -0.454 e. The van der Waals surface area contributed by atoms with Crippen molar-refractivity contribution in [3.05, 3.63) is 63.6 Å². The van der Waals surface area contributed by atoms with Gasteiger partial charge in [-0.05, 0) is 35.9 Å². The third-order valence-electron chi connectivity index (χ3n) is 4.01. The summed E-state index contributed by atoms with van der Waals surface area (Å²) in [7, 11) is 0. The van der Waals surface area contributed by atoms with Gasteiger partial charge < -0.3 is 14.8 Å². The molecule has 2 aromatic carbocycles. The number of hydrogen-bond donors (Lipinski definition) is 2. The zero-order valence-corrected chi connectivity index (χ0v) is 14.9. The number of benzene rings is 2. The van der Waals surface area contributed by atoms with Crippen molar-refractivity contribution in [1.29, 1.82) is 0 Å². The van der Waals surface area contributed by atoms with Gasteiger partial charge in [-0.2, -0.15) is 0 Å². The second-order valence-corrected chi connectivity index (χ2v) is 6.57. The Morgan fingerprint density at radius 2 is 1.96 bits per heavy atom. The average molecular weight is 393 g/mol. The number of nitrogens with one attached hydrogen (secondary N) is 2. The number of fused-ring (bicyclic) bond motifs is 1. The van der Waals surface area contributed by atoms with Crippen LogP contribution in [0.5, 0.6) is 11.5 Å². The molecule has 2 heterocycles. The van der Waals surface area contributed by atoms with Crippen LogP contribution in [0, 0.1) is 0 Å². The number of ether oxygens (including phenoxy) is 2. The molecule has 0 radical (unpaired) electrons. The summed E-state index contributed by atoms with van der Waals surface area (Å²) in [5, 5.41) is 3.73. The minimum absolute atomic E-state index is 0.217. The van der Waals surface area contributed by atoms with Crippen molar-refractivity contribution in [1.82, 2.24) is 10.8 Å². The van der Waals surface area contributed by atoms with E-state index in [1.54, 1.807) is 24.3 Å². The van der Waals surface area contributed by atoms with Gasteiger partial charge >= 0.3 is 0 Å². The summed E-state index contributed by atoms with van der Waals surface area (Å²) in [6.45, 7) is 0.570. The molecule has 0 aromatic heterocycles. The van der Waals surface area contributed by atoms with Crippen LogP contribution in [0.1, 0.15) is 11.1 Å². The molecule has 1 atom stereocenters. The Hall–Kier alpha value is -2.41. The van der Waals surface area contributed by atoms with Gasteiger partial charge in [0.1, 0.15) is 0 Å². The number of hydrogen-bond acceptors (Lipinski definition) is 5. The van der Waals surface area contributed by atoms with Crippen LogP contribution in [0.3, 0.4) is 0 Å². The number of carbonyl (C=O) groups excluding carboxylic acids is 1. The fourth-order valence-electron chi connectivity index (χ4n) is 2.64. The van der Waals surface area contributed by atoms with Crippen molar-refractivity contribution in [3.63, 3.8) is 0 Å². The first kappa shape index (κ1) is 17.0. The molecule has 0 fully saturated rings. The van der Waals surface area contributed by atoms with Crippen molar-refractivity contribution < 1.29 is 19.1 Å². The van der Waals surface area contributed by atoms with E-state index in [1.807, 2.05) is 18.2 Å². The van der Waals surface area contributed by atoms with Gasteiger partial charge in [0.05, 0.1) is 15.7 Å². The molecule has 4 rings (SSSR count). The number of hydroxylamine groups is 1. The van der Waals surface area contributed by atoms with Crippen LogP contribution in [0.2, 0.25) is 10.0 Å². The van der Waals surface area contributed by atoms with Crippen LogP contribution in [0.4, 0.5) is 0 Å². The normalized spacial score (nSPS) is 17.6. The van der Waals surface area contributed by atoms with Crippen molar-refractivity contribution in [2.24, 2.45) is 0 Å². The lowest BCUT2D eigenvalue weighted by molar-refractivity contribution is -0.131. The van der Waals surface area contributed by atoms with Crippen LogP contribution in [0.25, 0.3) is 5.70 Å². The van der Waals surface area contributed by atoms with E-state index in [0.29, 0.717) is 33.8 Å². The van der Waals surface area contributed by atoms with Crippen molar-refractivity contribution in [2.45, 2.75) is 12.6 Å². The second kappa shape index (κ2) is 7.07. The molecule has 0 saturated heterocycles. The first-order chi connectivity index (χ1) is 12.6. The second-order valence-electron chi connectivity index (χ2n) is 5.76. The Bertz CT molecular complexity index is 901. The molecule has 0 unspecified atom stereocenters. The predicted octanol–water partition coefficient (Wildman–Crippen LogP) is 3.28. The standard InChI is InChI=1S/C18H14Cl2N2O4/c19-12-3-2-11(6-13(12)20)14-7-17(26-22-14)18(23)21-8-10-1-4-15-16(5-10)25-9-24-15/h1-7,17,22H,8-9H2,(H,21,23)/t17-/m1/s1. The topological polar surface area (TPSA) is 68.8 Å². The molecule has 2 aliphatic heterocycles.